The number of nitrogens with zero attached hydrogens (tertiary/aromatic N) is 3. The summed E-state index contributed by atoms with van der Waals surface area (Å²) in [5.41, 5.74) is 2.06. The van der Waals surface area contributed by atoms with E-state index in [0.29, 0.717) is 11.3 Å². The van der Waals surface area contributed by atoms with Gasteiger partial charge < -0.3 is 9.47 Å². The molecule has 0 spiro atoms. The van der Waals surface area contributed by atoms with Crippen molar-refractivity contribution in [2.24, 2.45) is 5.10 Å². The molecule has 12 heteroatoms. The highest BCUT2D eigenvalue weighted by Gasteiger charge is 2.21. The van der Waals surface area contributed by atoms with Gasteiger partial charge in [0.2, 0.25) is 0 Å². The van der Waals surface area contributed by atoms with Crippen molar-refractivity contribution >= 4 is 29.5 Å². The lowest BCUT2D eigenvalue weighted by Gasteiger charge is -2.07. The van der Waals surface area contributed by atoms with Gasteiger partial charge >= 0.3 is 5.97 Å². The summed E-state index contributed by atoms with van der Waals surface area (Å²) in [5.74, 6) is -0.871. The van der Waals surface area contributed by atoms with Crippen LogP contribution >= 0.6 is 0 Å². The molecule has 1 N–H and O–H groups in total. The molecule has 1 amide bonds. The van der Waals surface area contributed by atoms with Gasteiger partial charge in [-0.3, -0.25) is 25.0 Å². The molecule has 12 nitrogen and oxygen atoms in total. The summed E-state index contributed by atoms with van der Waals surface area (Å²) in [7, 11) is 0. The number of rotatable bonds is 9. The number of nitrogens with one attached hydrogen (secondary N) is 1. The van der Waals surface area contributed by atoms with E-state index in [0.717, 1.165) is 23.8 Å². The molecule has 0 aliphatic rings. The summed E-state index contributed by atoms with van der Waals surface area (Å²) in [6.07, 6.45) is 1.31. The van der Waals surface area contributed by atoms with E-state index < -0.39 is 33.1 Å². The van der Waals surface area contributed by atoms with Gasteiger partial charge in [0.05, 0.1) is 27.7 Å². The maximum Gasteiger partial charge on any atom is 0.344 e. The van der Waals surface area contributed by atoms with Gasteiger partial charge in [0.1, 0.15) is 11.5 Å². The molecular weight excluding hydrogens is 460 g/mol. The van der Waals surface area contributed by atoms with Crippen molar-refractivity contribution in [3.05, 3.63) is 104 Å². The van der Waals surface area contributed by atoms with E-state index in [1.54, 1.807) is 24.3 Å². The standard InChI is InChI=1S/C23H18N4O8/c1-15-5-2-3-8-21(15)34-14-22(28)25-24-13-16-6-4-7-20(9-16)35-23(29)17-10-18(26(30)31)12-19(11-17)27(32)33/h2-13H,14H2,1H3,(H,25,28). The Morgan fingerprint density at radius 1 is 0.971 bits per heavy atom. The van der Waals surface area contributed by atoms with Crippen molar-refractivity contribution in [1.29, 1.82) is 0 Å². The fourth-order valence-electron chi connectivity index (χ4n) is 2.82. The first-order valence-corrected chi connectivity index (χ1v) is 9.99. The van der Waals surface area contributed by atoms with Crippen LogP contribution in [0.15, 0.2) is 71.8 Å². The van der Waals surface area contributed by atoms with Crippen molar-refractivity contribution in [3.63, 3.8) is 0 Å². The first kappa shape index (κ1) is 24.5. The van der Waals surface area contributed by atoms with Crippen LogP contribution in [0.2, 0.25) is 0 Å². The highest BCUT2D eigenvalue weighted by atomic mass is 16.6. The third-order valence-corrected chi connectivity index (χ3v) is 4.48. The summed E-state index contributed by atoms with van der Waals surface area (Å²) >= 11 is 0. The van der Waals surface area contributed by atoms with E-state index in [9.17, 15) is 29.8 Å². The van der Waals surface area contributed by atoms with Crippen LogP contribution in [0.5, 0.6) is 11.5 Å². The molecule has 0 aliphatic heterocycles. The van der Waals surface area contributed by atoms with Gasteiger partial charge in [-0.1, -0.05) is 30.3 Å². The number of amides is 1. The van der Waals surface area contributed by atoms with Gasteiger partial charge in [-0.15, -0.1) is 0 Å². The number of para-hydroxylation sites is 1. The maximum absolute atomic E-state index is 12.4. The van der Waals surface area contributed by atoms with Gasteiger partial charge in [-0.05, 0) is 36.2 Å². The van der Waals surface area contributed by atoms with Crippen LogP contribution < -0.4 is 14.9 Å². The minimum atomic E-state index is -1.02. The number of hydrazone groups is 1. The summed E-state index contributed by atoms with van der Waals surface area (Å²) in [6, 6.07) is 15.8. The Labute approximate surface area is 198 Å². The predicted molar refractivity (Wildman–Crippen MR) is 124 cm³/mol. The number of carbonyl (C=O) groups is 2. The molecule has 0 saturated carbocycles. The molecule has 0 aromatic heterocycles. The molecule has 0 atom stereocenters. The number of hydrogen-bond donors (Lipinski definition) is 1. The summed E-state index contributed by atoms with van der Waals surface area (Å²) in [6.45, 7) is 1.61. The van der Waals surface area contributed by atoms with Gasteiger partial charge in [0.15, 0.2) is 6.61 Å². The van der Waals surface area contributed by atoms with Crippen LogP contribution in [-0.4, -0.2) is 34.5 Å². The largest absolute Gasteiger partial charge is 0.483 e. The number of esters is 1. The van der Waals surface area contributed by atoms with Crippen molar-refractivity contribution < 1.29 is 28.9 Å². The Morgan fingerprint density at radius 3 is 2.31 bits per heavy atom. The zero-order chi connectivity index (χ0) is 25.4. The monoisotopic (exact) mass is 478 g/mol. The highest BCUT2D eigenvalue weighted by Crippen LogP contribution is 2.24. The number of benzene rings is 3. The van der Waals surface area contributed by atoms with E-state index in [2.05, 4.69) is 10.5 Å². The average Bonchev–Trinajstić information content (AvgIpc) is 2.83. The average molecular weight is 478 g/mol. The Balaban J connectivity index is 1.62. The molecule has 0 bridgehead atoms. The zero-order valence-corrected chi connectivity index (χ0v) is 18.2. The predicted octanol–water partition coefficient (Wildman–Crippen LogP) is 3.56. The van der Waals surface area contributed by atoms with Crippen molar-refractivity contribution in [2.45, 2.75) is 6.92 Å². The molecule has 0 radical (unpaired) electrons. The summed E-state index contributed by atoms with van der Waals surface area (Å²) < 4.78 is 10.6. The van der Waals surface area contributed by atoms with Gasteiger partial charge in [0, 0.05) is 12.1 Å². The molecular formula is C23H18N4O8. The maximum atomic E-state index is 12.4. The van der Waals surface area contributed by atoms with Crippen LogP contribution in [0.25, 0.3) is 0 Å². The van der Waals surface area contributed by atoms with Gasteiger partial charge in [-0.25, -0.2) is 10.2 Å². The van der Waals surface area contributed by atoms with Gasteiger partial charge in [0.25, 0.3) is 17.3 Å². The topological polar surface area (TPSA) is 163 Å². The van der Waals surface area contributed by atoms with E-state index in [1.807, 2.05) is 19.1 Å². The molecule has 0 aliphatic carbocycles. The second kappa shape index (κ2) is 11.1. The molecule has 3 rings (SSSR count). The number of aryl methyl sites for hydroxylation is 1. The first-order chi connectivity index (χ1) is 16.7. The highest BCUT2D eigenvalue weighted by molar-refractivity contribution is 5.93. The van der Waals surface area contributed by atoms with Crippen LogP contribution in [-0.2, 0) is 4.79 Å². The van der Waals surface area contributed by atoms with Crippen molar-refractivity contribution in [1.82, 2.24) is 5.43 Å². The van der Waals surface area contributed by atoms with Gasteiger partial charge in [-0.2, -0.15) is 5.10 Å². The second-order valence-corrected chi connectivity index (χ2v) is 7.06. The lowest BCUT2D eigenvalue weighted by atomic mass is 10.1. The summed E-state index contributed by atoms with van der Waals surface area (Å²) in [4.78, 5) is 44.7. The Bertz CT molecular complexity index is 1290. The lowest BCUT2D eigenvalue weighted by Crippen LogP contribution is -2.24. The number of hydrogen-bond acceptors (Lipinski definition) is 9. The minimum Gasteiger partial charge on any atom is -0.483 e. The van der Waals surface area contributed by atoms with E-state index in [4.69, 9.17) is 9.47 Å². The third kappa shape index (κ3) is 6.92. The van der Waals surface area contributed by atoms with Crippen LogP contribution in [0.3, 0.4) is 0 Å². The lowest BCUT2D eigenvalue weighted by molar-refractivity contribution is -0.394. The zero-order valence-electron chi connectivity index (χ0n) is 18.2. The Hall–Kier alpha value is -5.13. The SMILES string of the molecule is Cc1ccccc1OCC(=O)NN=Cc1cccc(OC(=O)c2cc([N+](=O)[O-])cc([N+](=O)[O-])c2)c1. The molecule has 0 fully saturated rings. The number of nitro benzene ring substituents is 2. The van der Waals surface area contributed by atoms with Crippen LogP contribution in [0, 0.1) is 27.2 Å². The number of ether oxygens (including phenoxy) is 2. The fourth-order valence-corrected chi connectivity index (χ4v) is 2.82. The quantitative estimate of drug-likeness (QED) is 0.160. The van der Waals surface area contributed by atoms with E-state index >= 15 is 0 Å². The minimum absolute atomic E-state index is 0.0577. The Kier molecular flexibility index (Phi) is 7.80. The molecule has 0 heterocycles. The van der Waals surface area contributed by atoms with Crippen molar-refractivity contribution in [3.8, 4) is 11.5 Å². The normalized spacial score (nSPS) is 10.5. The Morgan fingerprint density at radius 2 is 1.66 bits per heavy atom. The second-order valence-electron chi connectivity index (χ2n) is 7.06. The smallest absolute Gasteiger partial charge is 0.344 e. The third-order valence-electron chi connectivity index (χ3n) is 4.48. The fraction of sp³-hybridized carbons (Fsp3) is 0.0870. The molecule has 178 valence electrons. The molecule has 3 aromatic carbocycles. The summed E-state index contributed by atoms with van der Waals surface area (Å²) in [5, 5.41) is 25.8. The number of carbonyl (C=O) groups excluding carboxylic acids is 2. The van der Waals surface area contributed by atoms with Crippen LogP contribution in [0.4, 0.5) is 11.4 Å². The number of nitro groups is 2. The molecule has 0 unspecified atom stereocenters. The first-order valence-electron chi connectivity index (χ1n) is 9.99. The molecule has 0 saturated heterocycles. The number of non-ortho nitro benzene ring substituents is 2. The van der Waals surface area contributed by atoms with Crippen LogP contribution in [0.1, 0.15) is 21.5 Å². The van der Waals surface area contributed by atoms with Crippen molar-refractivity contribution in [2.75, 3.05) is 6.61 Å². The molecule has 35 heavy (non-hydrogen) atoms. The van der Waals surface area contributed by atoms with E-state index in [-0.39, 0.29) is 17.9 Å². The van der Waals surface area contributed by atoms with E-state index in [1.165, 1.54) is 18.3 Å². The molecule has 3 aromatic rings.